The van der Waals surface area contributed by atoms with Crippen LogP contribution in [0, 0.1) is 0 Å². The van der Waals surface area contributed by atoms with Gasteiger partial charge in [0.2, 0.25) is 17.1 Å². The monoisotopic (exact) mass is 235 g/mol. The predicted molar refractivity (Wildman–Crippen MR) is 64.7 cm³/mol. The number of carbonyl (C=O) groups excluding carboxylic acids is 1. The highest BCUT2D eigenvalue weighted by atomic mass is 17.0. The van der Waals surface area contributed by atoms with Gasteiger partial charge < -0.3 is 4.90 Å². The zero-order chi connectivity index (χ0) is 12.4. The molecule has 0 bridgehead atoms. The van der Waals surface area contributed by atoms with Crippen LogP contribution < -0.4 is 0 Å². The molecule has 0 spiro atoms. The number of rotatable bonds is 4. The first kappa shape index (κ1) is 11.8. The van der Waals surface area contributed by atoms with Crippen molar-refractivity contribution in [3.63, 3.8) is 0 Å². The van der Waals surface area contributed by atoms with Gasteiger partial charge in [0, 0.05) is 19.5 Å². The van der Waals surface area contributed by atoms with Crippen molar-refractivity contribution in [1.29, 1.82) is 0 Å². The molecule has 2 aromatic rings. The average molecular weight is 235 g/mol. The first-order valence-corrected chi connectivity index (χ1v) is 5.86. The van der Waals surface area contributed by atoms with Crippen molar-refractivity contribution < 1.29 is 13.9 Å². The largest absolute Gasteiger partial charge is 0.340 e. The molecule has 17 heavy (non-hydrogen) atoms. The lowest BCUT2D eigenvalue weighted by atomic mass is 10.1. The highest BCUT2D eigenvalue weighted by molar-refractivity contribution is 5.74. The Labute approximate surface area is 100 Å². The number of benzene rings is 1. The molecular weight excluding hydrogens is 218 g/mol. The van der Waals surface area contributed by atoms with E-state index in [1.54, 1.807) is 6.92 Å². The van der Waals surface area contributed by atoms with E-state index >= 15 is 0 Å². The lowest BCUT2D eigenvalue weighted by Gasteiger charge is -2.26. The lowest BCUT2D eigenvalue weighted by molar-refractivity contribution is -0.130. The van der Waals surface area contributed by atoms with Crippen molar-refractivity contribution >= 4 is 17.1 Å². The first-order valence-electron chi connectivity index (χ1n) is 5.86. The Kier molecular flexibility index (Phi) is 3.22. The van der Waals surface area contributed by atoms with Crippen LogP contribution in [0.3, 0.4) is 0 Å². The smallest absolute Gasteiger partial charge is 0.225 e. The Morgan fingerprint density at radius 2 is 2.06 bits per heavy atom. The van der Waals surface area contributed by atoms with Crippen LogP contribution in [0.15, 0.2) is 27.4 Å². The van der Waals surface area contributed by atoms with E-state index in [0.29, 0.717) is 0 Å². The molecular formula is C13H17NO3. The van der Waals surface area contributed by atoms with Crippen LogP contribution in [0.5, 0.6) is 0 Å². The molecule has 92 valence electrons. The van der Waals surface area contributed by atoms with E-state index in [1.165, 1.54) is 0 Å². The van der Waals surface area contributed by atoms with E-state index in [0.717, 1.165) is 29.7 Å². The van der Waals surface area contributed by atoms with Crippen molar-refractivity contribution in [2.45, 2.75) is 33.2 Å². The molecule has 4 heteroatoms. The zero-order valence-electron chi connectivity index (χ0n) is 10.4. The minimum Gasteiger partial charge on any atom is -0.340 e. The summed E-state index contributed by atoms with van der Waals surface area (Å²) in [6.07, 6.45) is 0.823. The molecule has 0 N–H and O–H groups in total. The highest BCUT2D eigenvalue weighted by Gasteiger charge is 2.16. The fraction of sp³-hybridized carbons (Fsp3) is 0.462. The summed E-state index contributed by atoms with van der Waals surface area (Å²) in [4.78, 5) is 13.3. The summed E-state index contributed by atoms with van der Waals surface area (Å²) in [6.45, 7) is 6.39. The second-order valence-corrected chi connectivity index (χ2v) is 4.31. The van der Waals surface area contributed by atoms with Gasteiger partial charge in [-0.1, -0.05) is 6.07 Å². The molecule has 0 unspecified atom stereocenters. The molecule has 0 saturated heterocycles. The van der Waals surface area contributed by atoms with Gasteiger partial charge in [-0.3, -0.25) is 13.9 Å². The standard InChI is InChI=1S/C13H17NO3/c1-4-14(10(3)15)9(2)7-11-5-6-12-13(8-11)17-16-12/h5-6,8-9H,4,7H2,1-3H3/t9-/m1/s1. The fourth-order valence-electron chi connectivity index (χ4n) is 2.17. The summed E-state index contributed by atoms with van der Waals surface area (Å²) in [7, 11) is 0. The van der Waals surface area contributed by atoms with Crippen molar-refractivity contribution in [1.82, 2.24) is 4.90 Å². The van der Waals surface area contributed by atoms with Crippen LogP contribution >= 0.6 is 0 Å². The molecule has 0 aliphatic rings. The van der Waals surface area contributed by atoms with E-state index in [-0.39, 0.29) is 11.9 Å². The van der Waals surface area contributed by atoms with E-state index in [1.807, 2.05) is 30.0 Å². The van der Waals surface area contributed by atoms with Gasteiger partial charge in [0.25, 0.3) is 0 Å². The Morgan fingerprint density at radius 3 is 2.53 bits per heavy atom. The molecule has 1 aromatic heterocycles. The van der Waals surface area contributed by atoms with Crippen molar-refractivity contribution in [3.8, 4) is 0 Å². The van der Waals surface area contributed by atoms with Gasteiger partial charge in [-0.05, 0) is 38.0 Å². The molecule has 1 heterocycles. The van der Waals surface area contributed by atoms with Crippen LogP contribution in [0.4, 0.5) is 0 Å². The third-order valence-corrected chi connectivity index (χ3v) is 3.04. The molecule has 1 amide bonds. The second kappa shape index (κ2) is 4.65. The predicted octanol–water partition coefficient (Wildman–Crippen LogP) is 2.83. The van der Waals surface area contributed by atoms with Crippen LogP contribution in [0.2, 0.25) is 0 Å². The number of carbonyl (C=O) groups is 1. The van der Waals surface area contributed by atoms with E-state index in [9.17, 15) is 4.79 Å². The maximum Gasteiger partial charge on any atom is 0.225 e. The minimum absolute atomic E-state index is 0.114. The number of nitrogens with zero attached hydrogens (tertiary/aromatic N) is 1. The summed E-state index contributed by atoms with van der Waals surface area (Å²) in [5.74, 6) is 0.114. The van der Waals surface area contributed by atoms with E-state index < -0.39 is 0 Å². The normalized spacial score (nSPS) is 12.9. The van der Waals surface area contributed by atoms with E-state index in [2.05, 4.69) is 6.92 Å². The van der Waals surface area contributed by atoms with Gasteiger partial charge in [-0.2, -0.15) is 0 Å². The third-order valence-electron chi connectivity index (χ3n) is 3.04. The summed E-state index contributed by atoms with van der Waals surface area (Å²) in [6, 6.07) is 6.05. The summed E-state index contributed by atoms with van der Waals surface area (Å²) >= 11 is 0. The zero-order valence-corrected chi connectivity index (χ0v) is 10.4. The molecule has 0 radical (unpaired) electrons. The molecule has 4 nitrogen and oxygen atoms in total. The summed E-state index contributed by atoms with van der Waals surface area (Å²) in [5.41, 5.74) is 2.71. The van der Waals surface area contributed by atoms with Crippen LogP contribution in [0.1, 0.15) is 26.3 Å². The minimum atomic E-state index is 0.114. The molecule has 0 saturated carbocycles. The molecule has 2 rings (SSSR count). The summed E-state index contributed by atoms with van der Waals surface area (Å²) < 4.78 is 9.63. The number of hydrogen-bond acceptors (Lipinski definition) is 3. The number of likely N-dealkylation sites (N-methyl/N-ethyl adjacent to an activating group) is 1. The third kappa shape index (κ3) is 2.35. The van der Waals surface area contributed by atoms with Crippen molar-refractivity contribution in [2.75, 3.05) is 6.54 Å². The number of amides is 1. The lowest BCUT2D eigenvalue weighted by Crippen LogP contribution is -2.38. The van der Waals surface area contributed by atoms with Gasteiger partial charge in [0.1, 0.15) is 0 Å². The van der Waals surface area contributed by atoms with Crippen LogP contribution in [-0.2, 0) is 11.2 Å². The second-order valence-electron chi connectivity index (χ2n) is 4.31. The van der Waals surface area contributed by atoms with E-state index in [4.69, 9.17) is 9.15 Å². The maximum absolute atomic E-state index is 11.4. The Balaban J connectivity index is 2.08. The Hall–Kier alpha value is -1.71. The van der Waals surface area contributed by atoms with Crippen LogP contribution in [-0.4, -0.2) is 23.4 Å². The Bertz CT molecular complexity index is 511. The molecule has 1 aromatic carbocycles. The highest BCUT2D eigenvalue weighted by Crippen LogP contribution is 2.21. The van der Waals surface area contributed by atoms with Gasteiger partial charge in [-0.25, -0.2) is 0 Å². The quantitative estimate of drug-likeness (QED) is 0.765. The first-order chi connectivity index (χ1) is 8.11. The molecule has 0 aliphatic heterocycles. The van der Waals surface area contributed by atoms with Crippen LogP contribution in [0.25, 0.3) is 11.2 Å². The van der Waals surface area contributed by atoms with Crippen molar-refractivity contribution in [3.05, 3.63) is 23.8 Å². The molecule has 0 aliphatic carbocycles. The SMILES string of the molecule is CCN(C(C)=O)[C@H](C)Cc1ccc2ooc2c1. The molecule has 0 fully saturated rings. The fourth-order valence-corrected chi connectivity index (χ4v) is 2.17. The van der Waals surface area contributed by atoms with Gasteiger partial charge in [0.15, 0.2) is 0 Å². The summed E-state index contributed by atoms with van der Waals surface area (Å²) in [5, 5.41) is 0. The topological polar surface area (TPSA) is 46.6 Å². The average Bonchev–Trinajstić information content (AvgIpc) is 2.22. The van der Waals surface area contributed by atoms with Crippen molar-refractivity contribution in [2.24, 2.45) is 0 Å². The number of hydrogen-bond donors (Lipinski definition) is 0. The molecule has 1 atom stereocenters. The van der Waals surface area contributed by atoms with Gasteiger partial charge in [0.05, 0.1) is 0 Å². The maximum atomic E-state index is 11.4. The van der Waals surface area contributed by atoms with Gasteiger partial charge in [-0.15, -0.1) is 0 Å². The number of fused-ring (bicyclic) bond motifs is 1. The Morgan fingerprint density at radius 1 is 1.35 bits per heavy atom. The van der Waals surface area contributed by atoms with Gasteiger partial charge >= 0.3 is 0 Å².